The van der Waals surface area contributed by atoms with Gasteiger partial charge in [0, 0.05) is 18.3 Å². The van der Waals surface area contributed by atoms with Crippen LogP contribution in [0.25, 0.3) is 11.1 Å². The molecule has 266 valence electrons. The van der Waals surface area contributed by atoms with E-state index in [0.717, 1.165) is 31.7 Å². The molecule has 1 saturated heterocycles. The number of hydrogen-bond acceptors (Lipinski definition) is 6. The quantitative estimate of drug-likeness (QED) is 0.160. The lowest BCUT2D eigenvalue weighted by Crippen LogP contribution is -2.46. The summed E-state index contributed by atoms with van der Waals surface area (Å²) >= 11 is 0. The van der Waals surface area contributed by atoms with Crippen LogP contribution in [0.4, 0.5) is 28.9 Å². The Morgan fingerprint density at radius 1 is 0.960 bits per heavy atom. The Balaban J connectivity index is 1.62. The van der Waals surface area contributed by atoms with Crippen molar-refractivity contribution in [3.05, 3.63) is 82.2 Å². The largest absolute Gasteiger partial charge is 0.417 e. The maximum atomic E-state index is 15.1. The Labute approximate surface area is 288 Å². The molecular formula is C37H41F4N5O4. The van der Waals surface area contributed by atoms with Crippen molar-refractivity contribution < 1.29 is 36.7 Å². The van der Waals surface area contributed by atoms with Crippen LogP contribution in [0.2, 0.25) is 0 Å². The number of rotatable bonds is 10. The highest BCUT2D eigenvalue weighted by Gasteiger charge is 2.41. The summed E-state index contributed by atoms with van der Waals surface area (Å²) in [6.45, 7) is 3.16. The van der Waals surface area contributed by atoms with Gasteiger partial charge in [-0.2, -0.15) is 13.2 Å². The lowest BCUT2D eigenvalue weighted by atomic mass is 9.86. The van der Waals surface area contributed by atoms with Crippen molar-refractivity contribution in [1.29, 1.82) is 0 Å². The Kier molecular flexibility index (Phi) is 11.4. The molecular weight excluding hydrogens is 654 g/mol. The Morgan fingerprint density at radius 3 is 2.26 bits per heavy atom. The van der Waals surface area contributed by atoms with Gasteiger partial charge in [0.2, 0.25) is 17.7 Å². The molecule has 1 aliphatic heterocycles. The SMILES string of the molecule is Cc1cccc(F)c1C(=O)c1c(NC(=O)C2CCCNC2)cc(-c2ccc(N(C(=O)CNC(=O)CN)C3CCCC3)cc2)c(C)c1C(F)(F)F. The van der Waals surface area contributed by atoms with E-state index in [9.17, 15) is 19.2 Å². The third kappa shape index (κ3) is 7.89. The number of nitrogens with zero attached hydrogens (tertiary/aromatic N) is 1. The zero-order valence-electron chi connectivity index (χ0n) is 28.0. The van der Waals surface area contributed by atoms with Gasteiger partial charge in [0.15, 0.2) is 5.78 Å². The minimum atomic E-state index is -5.06. The van der Waals surface area contributed by atoms with Gasteiger partial charge in [-0.1, -0.05) is 37.1 Å². The summed E-state index contributed by atoms with van der Waals surface area (Å²) in [4.78, 5) is 54.1. The number of hydrogen-bond donors (Lipinski definition) is 4. The lowest BCUT2D eigenvalue weighted by molar-refractivity contribution is -0.138. The second-order valence-electron chi connectivity index (χ2n) is 12.9. The second-order valence-corrected chi connectivity index (χ2v) is 12.9. The van der Waals surface area contributed by atoms with Gasteiger partial charge >= 0.3 is 6.18 Å². The number of alkyl halides is 3. The van der Waals surface area contributed by atoms with Crippen molar-refractivity contribution in [1.82, 2.24) is 10.6 Å². The molecule has 9 nitrogen and oxygen atoms in total. The van der Waals surface area contributed by atoms with E-state index < -0.39 is 52.2 Å². The smallest absolute Gasteiger partial charge is 0.346 e. The van der Waals surface area contributed by atoms with Gasteiger partial charge < -0.3 is 26.6 Å². The van der Waals surface area contributed by atoms with Crippen molar-refractivity contribution in [3.8, 4) is 11.1 Å². The van der Waals surface area contributed by atoms with Crippen LogP contribution in [0.1, 0.15) is 71.1 Å². The number of nitrogens with one attached hydrogen (secondary N) is 3. The molecule has 50 heavy (non-hydrogen) atoms. The van der Waals surface area contributed by atoms with E-state index in [1.807, 2.05) is 0 Å². The van der Waals surface area contributed by atoms with E-state index in [1.165, 1.54) is 32.0 Å². The Bertz CT molecular complexity index is 1740. The normalized spacial score (nSPS) is 16.6. The first kappa shape index (κ1) is 36.7. The molecule has 0 aromatic heterocycles. The first-order valence-electron chi connectivity index (χ1n) is 16.8. The van der Waals surface area contributed by atoms with Crippen molar-refractivity contribution >= 4 is 34.9 Å². The van der Waals surface area contributed by atoms with Gasteiger partial charge in [0.25, 0.3) is 0 Å². The minimum absolute atomic E-state index is 0.0942. The number of piperidine rings is 1. The Morgan fingerprint density at radius 2 is 1.66 bits per heavy atom. The topological polar surface area (TPSA) is 134 Å². The number of benzene rings is 3. The second kappa shape index (κ2) is 15.5. The van der Waals surface area contributed by atoms with Gasteiger partial charge in [0.1, 0.15) is 5.82 Å². The summed E-state index contributed by atoms with van der Waals surface area (Å²) in [5.74, 6) is -4.10. The number of halogens is 4. The molecule has 3 amide bonds. The van der Waals surface area contributed by atoms with Crippen LogP contribution >= 0.6 is 0 Å². The maximum absolute atomic E-state index is 15.1. The average molecular weight is 696 g/mol. The molecule has 1 aliphatic carbocycles. The van der Waals surface area contributed by atoms with Gasteiger partial charge in [-0.15, -0.1) is 0 Å². The van der Waals surface area contributed by atoms with Crippen molar-refractivity contribution in [2.24, 2.45) is 11.7 Å². The van der Waals surface area contributed by atoms with Gasteiger partial charge in [0.05, 0.1) is 41.4 Å². The van der Waals surface area contributed by atoms with Crippen LogP contribution in [0.15, 0.2) is 48.5 Å². The molecule has 0 spiro atoms. The third-order valence-corrected chi connectivity index (χ3v) is 9.51. The minimum Gasteiger partial charge on any atom is -0.346 e. The molecule has 0 radical (unpaired) electrons. The fraction of sp³-hybridized carbons (Fsp3) is 0.405. The number of carbonyl (C=O) groups excluding carboxylic acids is 4. The van der Waals surface area contributed by atoms with Crippen molar-refractivity contribution in [2.75, 3.05) is 36.4 Å². The molecule has 5 rings (SSSR count). The molecule has 3 aromatic rings. The Hall–Kier alpha value is -4.62. The van der Waals surface area contributed by atoms with E-state index in [4.69, 9.17) is 5.73 Å². The fourth-order valence-electron chi connectivity index (χ4n) is 6.98. The van der Waals surface area contributed by atoms with Crippen molar-refractivity contribution in [2.45, 2.75) is 64.6 Å². The third-order valence-electron chi connectivity index (χ3n) is 9.51. The van der Waals surface area contributed by atoms with Gasteiger partial charge in [-0.25, -0.2) is 4.39 Å². The molecule has 2 fully saturated rings. The standard InChI is InChI=1S/C37H41F4N5O4/c1-21-7-5-11-28(38)32(21)35(49)33-29(45-36(50)24-8-6-16-43-19-24)17-27(22(2)34(33)37(39,40)41)23-12-14-26(15-13-23)46(25-9-3-4-10-25)31(48)20-44-30(47)18-42/h5,7,11-15,17,24-25,43H,3-4,6,8-10,16,18-20,42H2,1-2H3,(H,44,47)(H,45,50). The number of amides is 3. The summed E-state index contributed by atoms with van der Waals surface area (Å²) in [5, 5.41) is 8.22. The predicted molar refractivity (Wildman–Crippen MR) is 182 cm³/mol. The zero-order chi connectivity index (χ0) is 36.2. The van der Waals surface area contributed by atoms with Crippen LogP contribution < -0.4 is 26.6 Å². The highest BCUT2D eigenvalue weighted by molar-refractivity contribution is 6.16. The first-order valence-corrected chi connectivity index (χ1v) is 16.8. The van der Waals surface area contributed by atoms with Crippen LogP contribution in [-0.2, 0) is 20.6 Å². The molecule has 5 N–H and O–H groups in total. The number of nitrogens with two attached hydrogens (primary N) is 1. The summed E-state index contributed by atoms with van der Waals surface area (Å²) in [5.41, 5.74) is 3.17. The van der Waals surface area contributed by atoms with Crippen LogP contribution in [0.3, 0.4) is 0 Å². The fourth-order valence-corrected chi connectivity index (χ4v) is 6.98. The van der Waals surface area contributed by atoms with E-state index >= 15 is 17.6 Å². The van der Waals surface area contributed by atoms with E-state index in [0.29, 0.717) is 37.2 Å². The molecule has 13 heteroatoms. The van der Waals surface area contributed by atoms with Gasteiger partial charge in [-0.05, 0) is 92.6 Å². The first-order chi connectivity index (χ1) is 23.8. The molecule has 2 aliphatic rings. The van der Waals surface area contributed by atoms with Crippen molar-refractivity contribution in [3.63, 3.8) is 0 Å². The summed E-state index contributed by atoms with van der Waals surface area (Å²) in [6, 6.07) is 11.4. The maximum Gasteiger partial charge on any atom is 0.417 e. The molecule has 3 aromatic carbocycles. The molecule has 1 atom stereocenters. The van der Waals surface area contributed by atoms with E-state index in [2.05, 4.69) is 16.0 Å². The number of aryl methyl sites for hydroxylation is 1. The van der Waals surface area contributed by atoms with Gasteiger partial charge in [-0.3, -0.25) is 19.2 Å². The summed E-state index contributed by atoms with van der Waals surface area (Å²) in [6.07, 6.45) is -0.514. The number of carbonyl (C=O) groups is 4. The van der Waals surface area contributed by atoms with Crippen LogP contribution in [0, 0.1) is 25.6 Å². The lowest BCUT2D eigenvalue weighted by Gasteiger charge is -2.29. The number of ketones is 1. The molecule has 1 heterocycles. The average Bonchev–Trinajstić information content (AvgIpc) is 3.62. The van der Waals surface area contributed by atoms with Crippen LogP contribution in [-0.4, -0.2) is 55.7 Å². The number of anilines is 2. The van der Waals surface area contributed by atoms with Crippen LogP contribution in [0.5, 0.6) is 0 Å². The molecule has 1 saturated carbocycles. The van der Waals surface area contributed by atoms with E-state index in [-0.39, 0.29) is 47.4 Å². The van der Waals surface area contributed by atoms with E-state index in [1.54, 1.807) is 29.2 Å². The monoisotopic (exact) mass is 695 g/mol. The summed E-state index contributed by atoms with van der Waals surface area (Å²) in [7, 11) is 0. The summed E-state index contributed by atoms with van der Waals surface area (Å²) < 4.78 is 60.3. The molecule has 0 bridgehead atoms. The zero-order valence-corrected chi connectivity index (χ0v) is 28.0. The highest BCUT2D eigenvalue weighted by atomic mass is 19.4. The molecule has 1 unspecified atom stereocenters. The predicted octanol–water partition coefficient (Wildman–Crippen LogP) is 5.65. The highest BCUT2D eigenvalue weighted by Crippen LogP contribution is 2.44.